The van der Waals surface area contributed by atoms with Gasteiger partial charge in [-0.3, -0.25) is 10.00 Å². The number of rotatable bonds is 7. The Morgan fingerprint density at radius 1 is 1.50 bits per heavy atom. The average Bonchev–Trinajstić information content (AvgIpc) is 3.14. The number of likely N-dealkylation sites (N-methyl/N-ethyl adjacent to an activating group) is 1. The van der Waals surface area contributed by atoms with E-state index in [-0.39, 0.29) is 18.7 Å². The van der Waals surface area contributed by atoms with Crippen molar-refractivity contribution in [1.82, 2.24) is 19.6 Å². The number of hydrogen-bond donors (Lipinski definition) is 2. The van der Waals surface area contributed by atoms with Gasteiger partial charge in [-0.25, -0.2) is 4.79 Å². The van der Waals surface area contributed by atoms with Crippen molar-refractivity contribution in [2.45, 2.75) is 25.4 Å². The van der Waals surface area contributed by atoms with Gasteiger partial charge in [0.1, 0.15) is 0 Å². The van der Waals surface area contributed by atoms with E-state index in [9.17, 15) is 4.79 Å². The van der Waals surface area contributed by atoms with Crippen LogP contribution in [0.4, 0.5) is 10.6 Å². The molecule has 1 heterocycles. The molecule has 0 spiro atoms. The van der Waals surface area contributed by atoms with Gasteiger partial charge in [-0.1, -0.05) is 0 Å². The fourth-order valence-corrected chi connectivity index (χ4v) is 1.98. The van der Waals surface area contributed by atoms with Crippen molar-refractivity contribution in [3.8, 4) is 0 Å². The molecule has 1 aromatic heterocycles. The van der Waals surface area contributed by atoms with Crippen LogP contribution in [0.25, 0.3) is 0 Å². The van der Waals surface area contributed by atoms with E-state index in [1.54, 1.807) is 11.0 Å². The summed E-state index contributed by atoms with van der Waals surface area (Å²) in [5.41, 5.74) is 0. The molecule has 1 aliphatic rings. The molecule has 2 N–H and O–H groups in total. The first-order valence-corrected chi connectivity index (χ1v) is 6.97. The minimum absolute atomic E-state index is 0.0127. The predicted octanol–water partition coefficient (Wildman–Crippen LogP) is 0.433. The summed E-state index contributed by atoms with van der Waals surface area (Å²) in [6.45, 7) is 2.04. The summed E-state index contributed by atoms with van der Waals surface area (Å²) in [5.74, 6) is 0.553. The summed E-state index contributed by atoms with van der Waals surface area (Å²) in [6.07, 6.45) is 3.89. The number of aliphatic hydroxyl groups is 1. The van der Waals surface area contributed by atoms with E-state index < -0.39 is 0 Å². The molecule has 112 valence electrons. The number of anilines is 1. The van der Waals surface area contributed by atoms with E-state index >= 15 is 0 Å². The number of nitrogens with zero attached hydrogens (tertiary/aromatic N) is 4. The maximum atomic E-state index is 12.1. The molecule has 0 radical (unpaired) electrons. The van der Waals surface area contributed by atoms with Crippen molar-refractivity contribution >= 4 is 11.8 Å². The first-order chi connectivity index (χ1) is 9.60. The fraction of sp³-hybridized carbons (Fsp3) is 0.692. The monoisotopic (exact) mass is 281 g/mol. The predicted molar refractivity (Wildman–Crippen MR) is 76.6 cm³/mol. The van der Waals surface area contributed by atoms with Crippen molar-refractivity contribution in [2.75, 3.05) is 39.1 Å². The zero-order chi connectivity index (χ0) is 14.5. The molecule has 0 saturated heterocycles. The third-order valence-corrected chi connectivity index (χ3v) is 3.24. The van der Waals surface area contributed by atoms with Gasteiger partial charge in [-0.15, -0.1) is 0 Å². The zero-order valence-electron chi connectivity index (χ0n) is 12.1. The number of urea groups is 1. The molecular weight excluding hydrogens is 258 g/mol. The molecule has 1 fully saturated rings. The lowest BCUT2D eigenvalue weighted by Crippen LogP contribution is -2.38. The molecule has 0 atom stereocenters. The summed E-state index contributed by atoms with van der Waals surface area (Å²) in [6, 6.07) is 1.88. The van der Waals surface area contributed by atoms with Gasteiger partial charge in [0.2, 0.25) is 0 Å². The molecule has 7 heteroatoms. The molecular formula is C13H23N5O2. The van der Waals surface area contributed by atoms with E-state index in [0.717, 1.165) is 25.9 Å². The van der Waals surface area contributed by atoms with Crippen LogP contribution in [-0.2, 0) is 6.54 Å². The summed E-state index contributed by atoms with van der Waals surface area (Å²) in [7, 11) is 4.02. The van der Waals surface area contributed by atoms with Crippen LogP contribution in [-0.4, -0.2) is 70.6 Å². The van der Waals surface area contributed by atoms with Crippen molar-refractivity contribution < 1.29 is 9.90 Å². The van der Waals surface area contributed by atoms with Gasteiger partial charge in [0.25, 0.3) is 0 Å². The Balaban J connectivity index is 1.87. The number of aromatic nitrogens is 2. The van der Waals surface area contributed by atoms with E-state index in [2.05, 4.69) is 15.3 Å². The third-order valence-electron chi connectivity index (χ3n) is 3.24. The molecule has 1 saturated carbocycles. The SMILES string of the molecule is CN(C)CCn1ccc(NC(=O)N(CCO)C2CC2)n1. The average molecular weight is 281 g/mol. The summed E-state index contributed by atoms with van der Waals surface area (Å²) in [4.78, 5) is 15.9. The van der Waals surface area contributed by atoms with Crippen molar-refractivity contribution in [3.05, 3.63) is 12.3 Å². The molecule has 1 aromatic rings. The number of nitrogens with one attached hydrogen (secondary N) is 1. The minimum Gasteiger partial charge on any atom is -0.395 e. The number of carbonyl (C=O) groups excluding carboxylic acids is 1. The topological polar surface area (TPSA) is 73.6 Å². The molecule has 2 rings (SSSR count). The minimum atomic E-state index is -0.181. The lowest BCUT2D eigenvalue weighted by Gasteiger charge is -2.20. The summed E-state index contributed by atoms with van der Waals surface area (Å²) >= 11 is 0. The largest absolute Gasteiger partial charge is 0.395 e. The highest BCUT2D eigenvalue weighted by Gasteiger charge is 2.32. The second kappa shape index (κ2) is 6.71. The molecule has 1 aliphatic carbocycles. The van der Waals surface area contributed by atoms with Gasteiger partial charge in [0.15, 0.2) is 5.82 Å². The maximum absolute atomic E-state index is 12.1. The molecule has 0 bridgehead atoms. The number of carbonyl (C=O) groups is 1. The van der Waals surface area contributed by atoms with Crippen LogP contribution in [0.1, 0.15) is 12.8 Å². The number of hydrogen-bond acceptors (Lipinski definition) is 4. The highest BCUT2D eigenvalue weighted by Crippen LogP contribution is 2.26. The first-order valence-electron chi connectivity index (χ1n) is 6.97. The highest BCUT2D eigenvalue weighted by molar-refractivity contribution is 5.88. The molecule has 0 aliphatic heterocycles. The Bertz CT molecular complexity index is 442. The molecule has 20 heavy (non-hydrogen) atoms. The van der Waals surface area contributed by atoms with Gasteiger partial charge in [-0.2, -0.15) is 5.10 Å². The van der Waals surface area contributed by atoms with Crippen LogP contribution in [0.2, 0.25) is 0 Å². The lowest BCUT2D eigenvalue weighted by molar-refractivity contribution is 0.185. The van der Waals surface area contributed by atoms with E-state index in [1.165, 1.54) is 0 Å². The van der Waals surface area contributed by atoms with Crippen molar-refractivity contribution in [1.29, 1.82) is 0 Å². The van der Waals surface area contributed by atoms with Gasteiger partial charge in [0.05, 0.1) is 13.2 Å². The molecule has 2 amide bonds. The Hall–Kier alpha value is -1.60. The van der Waals surface area contributed by atoms with Gasteiger partial charge in [0, 0.05) is 31.4 Å². The number of amides is 2. The number of aliphatic hydroxyl groups excluding tert-OH is 1. The maximum Gasteiger partial charge on any atom is 0.323 e. The Morgan fingerprint density at radius 3 is 2.85 bits per heavy atom. The van der Waals surface area contributed by atoms with Crippen LogP contribution in [0.15, 0.2) is 12.3 Å². The Morgan fingerprint density at radius 2 is 2.25 bits per heavy atom. The van der Waals surface area contributed by atoms with E-state index in [4.69, 9.17) is 5.11 Å². The van der Waals surface area contributed by atoms with Crippen LogP contribution in [0.3, 0.4) is 0 Å². The van der Waals surface area contributed by atoms with Crippen LogP contribution < -0.4 is 5.32 Å². The zero-order valence-corrected chi connectivity index (χ0v) is 12.1. The highest BCUT2D eigenvalue weighted by atomic mass is 16.3. The van der Waals surface area contributed by atoms with Crippen molar-refractivity contribution in [2.24, 2.45) is 0 Å². The summed E-state index contributed by atoms with van der Waals surface area (Å²) in [5, 5.41) is 16.1. The molecule has 0 unspecified atom stereocenters. The lowest BCUT2D eigenvalue weighted by atomic mass is 10.5. The van der Waals surface area contributed by atoms with Gasteiger partial charge in [-0.05, 0) is 26.9 Å². The van der Waals surface area contributed by atoms with Gasteiger partial charge >= 0.3 is 6.03 Å². The smallest absolute Gasteiger partial charge is 0.323 e. The van der Waals surface area contributed by atoms with Crippen molar-refractivity contribution in [3.63, 3.8) is 0 Å². The summed E-state index contributed by atoms with van der Waals surface area (Å²) < 4.78 is 1.81. The quantitative estimate of drug-likeness (QED) is 0.760. The van der Waals surface area contributed by atoms with Crippen LogP contribution in [0.5, 0.6) is 0 Å². The fourth-order valence-electron chi connectivity index (χ4n) is 1.98. The van der Waals surface area contributed by atoms with E-state index in [1.807, 2.05) is 25.0 Å². The third kappa shape index (κ3) is 4.21. The van der Waals surface area contributed by atoms with Crippen LogP contribution >= 0.6 is 0 Å². The van der Waals surface area contributed by atoms with Crippen LogP contribution in [0, 0.1) is 0 Å². The molecule has 0 aromatic carbocycles. The van der Waals surface area contributed by atoms with E-state index in [0.29, 0.717) is 12.4 Å². The second-order valence-corrected chi connectivity index (χ2v) is 5.35. The Kier molecular flexibility index (Phi) is 4.97. The normalized spacial score (nSPS) is 14.6. The first kappa shape index (κ1) is 14.8. The molecule has 7 nitrogen and oxygen atoms in total. The standard InChI is InChI=1S/C13H23N5O2/c1-16(2)7-8-17-6-5-12(15-17)14-13(20)18(9-10-19)11-3-4-11/h5-6,11,19H,3-4,7-10H2,1-2H3,(H,14,15,20). The second-order valence-electron chi connectivity index (χ2n) is 5.35. The van der Waals surface area contributed by atoms with Gasteiger partial charge < -0.3 is 14.9 Å². The Labute approximate surface area is 119 Å².